The molecule has 0 unspecified atom stereocenters. The number of carbonyl (C=O) groups excluding carboxylic acids is 1. The second-order valence-electron chi connectivity index (χ2n) is 3.25. The second kappa shape index (κ2) is 5.60. The van der Waals surface area contributed by atoms with Crippen LogP contribution in [0.2, 0.25) is 0 Å². The van der Waals surface area contributed by atoms with Crippen LogP contribution in [0.4, 0.5) is 5.82 Å². The van der Waals surface area contributed by atoms with Crippen molar-refractivity contribution < 1.29 is 9.53 Å². The van der Waals surface area contributed by atoms with E-state index in [0.29, 0.717) is 11.6 Å². The Labute approximate surface area is 93.2 Å². The van der Waals surface area contributed by atoms with Crippen LogP contribution in [0, 0.1) is 0 Å². The van der Waals surface area contributed by atoms with Gasteiger partial charge in [-0.1, -0.05) is 0 Å². The van der Waals surface area contributed by atoms with E-state index < -0.39 is 0 Å². The highest BCUT2D eigenvalue weighted by Crippen LogP contribution is 2.17. The lowest BCUT2D eigenvalue weighted by Crippen LogP contribution is -2.13. The molecule has 0 radical (unpaired) electrons. The predicted molar refractivity (Wildman–Crippen MR) is 60.6 cm³/mol. The summed E-state index contributed by atoms with van der Waals surface area (Å²) in [5.41, 5.74) is 5.44. The molecule has 82 valence electrons. The van der Waals surface area contributed by atoms with Gasteiger partial charge in [0.15, 0.2) is 0 Å². The lowest BCUT2D eigenvalue weighted by molar-refractivity contribution is -0.144. The van der Waals surface area contributed by atoms with Crippen LogP contribution in [0.5, 0.6) is 0 Å². The van der Waals surface area contributed by atoms with E-state index in [1.807, 2.05) is 19.9 Å². The predicted octanol–water partition coefficient (Wildman–Crippen LogP) is 1.71. The molecule has 0 amide bonds. The maximum Gasteiger partial charge on any atom is 0.316 e. The standard InChI is InChI=1S/C10H14N2O2S/c1-7(2)14-10(13)6-15-8-3-4-9(11)12-5-8/h3-5,7H,6H2,1-2H3,(H2,11,12). The Bertz CT molecular complexity index is 325. The Balaban J connectivity index is 2.37. The number of nitrogens with two attached hydrogens (primary N) is 1. The van der Waals surface area contributed by atoms with Gasteiger partial charge in [-0.3, -0.25) is 4.79 Å². The first kappa shape index (κ1) is 11.8. The number of rotatable bonds is 4. The van der Waals surface area contributed by atoms with Gasteiger partial charge in [0, 0.05) is 11.1 Å². The van der Waals surface area contributed by atoms with E-state index in [-0.39, 0.29) is 12.1 Å². The number of anilines is 1. The summed E-state index contributed by atoms with van der Waals surface area (Å²) < 4.78 is 4.99. The summed E-state index contributed by atoms with van der Waals surface area (Å²) in [6.45, 7) is 3.65. The van der Waals surface area contributed by atoms with Crippen molar-refractivity contribution in [3.63, 3.8) is 0 Å². The third-order valence-corrected chi connectivity index (χ3v) is 2.44. The van der Waals surface area contributed by atoms with Gasteiger partial charge in [0.25, 0.3) is 0 Å². The van der Waals surface area contributed by atoms with Crippen molar-refractivity contribution in [1.82, 2.24) is 4.98 Å². The van der Waals surface area contributed by atoms with Crippen LogP contribution < -0.4 is 5.73 Å². The maximum absolute atomic E-state index is 11.2. The Kier molecular flexibility index (Phi) is 4.42. The molecule has 5 heteroatoms. The van der Waals surface area contributed by atoms with Gasteiger partial charge in [0.2, 0.25) is 0 Å². The molecular weight excluding hydrogens is 212 g/mol. The largest absolute Gasteiger partial charge is 0.462 e. The first-order valence-corrected chi connectivity index (χ1v) is 5.60. The quantitative estimate of drug-likeness (QED) is 0.625. The molecule has 0 saturated carbocycles. The van der Waals surface area contributed by atoms with Crippen molar-refractivity contribution in [2.24, 2.45) is 0 Å². The van der Waals surface area contributed by atoms with E-state index in [1.165, 1.54) is 11.8 Å². The highest BCUT2D eigenvalue weighted by molar-refractivity contribution is 8.00. The number of pyridine rings is 1. The summed E-state index contributed by atoms with van der Waals surface area (Å²) in [4.78, 5) is 16.0. The molecule has 1 rings (SSSR count). The number of hydrogen-bond donors (Lipinski definition) is 1. The number of carbonyl (C=O) groups is 1. The van der Waals surface area contributed by atoms with Crippen LogP contribution >= 0.6 is 11.8 Å². The average Bonchev–Trinajstić information content (AvgIpc) is 2.16. The molecule has 2 N–H and O–H groups in total. The van der Waals surface area contributed by atoms with Gasteiger partial charge in [0.1, 0.15) is 5.82 Å². The molecule has 0 fully saturated rings. The van der Waals surface area contributed by atoms with E-state index in [9.17, 15) is 4.79 Å². The average molecular weight is 226 g/mol. The third-order valence-electron chi connectivity index (χ3n) is 1.48. The molecule has 0 aliphatic heterocycles. The molecule has 0 spiro atoms. The van der Waals surface area contributed by atoms with Crippen LogP contribution in [-0.4, -0.2) is 22.8 Å². The monoisotopic (exact) mass is 226 g/mol. The fraction of sp³-hybridized carbons (Fsp3) is 0.400. The van der Waals surface area contributed by atoms with Crippen molar-refractivity contribution in [1.29, 1.82) is 0 Å². The van der Waals surface area contributed by atoms with Gasteiger partial charge in [-0.25, -0.2) is 4.98 Å². The first-order valence-electron chi connectivity index (χ1n) is 4.61. The number of nitrogens with zero attached hydrogens (tertiary/aromatic N) is 1. The Morgan fingerprint density at radius 1 is 1.60 bits per heavy atom. The minimum Gasteiger partial charge on any atom is -0.462 e. The smallest absolute Gasteiger partial charge is 0.316 e. The van der Waals surface area contributed by atoms with Gasteiger partial charge < -0.3 is 10.5 Å². The Morgan fingerprint density at radius 3 is 2.87 bits per heavy atom. The molecule has 4 nitrogen and oxygen atoms in total. The first-order chi connectivity index (χ1) is 7.08. The zero-order chi connectivity index (χ0) is 11.3. The fourth-order valence-corrected chi connectivity index (χ4v) is 1.56. The molecule has 0 atom stereocenters. The van der Waals surface area contributed by atoms with Gasteiger partial charge in [-0.05, 0) is 26.0 Å². The molecule has 0 aliphatic carbocycles. The van der Waals surface area contributed by atoms with E-state index >= 15 is 0 Å². The SMILES string of the molecule is CC(C)OC(=O)CSc1ccc(N)nc1. The molecule has 1 heterocycles. The summed E-state index contributed by atoms with van der Waals surface area (Å²) >= 11 is 1.39. The Hall–Kier alpha value is -1.23. The van der Waals surface area contributed by atoms with Gasteiger partial charge in [-0.2, -0.15) is 0 Å². The summed E-state index contributed by atoms with van der Waals surface area (Å²) in [6, 6.07) is 3.53. The minimum absolute atomic E-state index is 0.0670. The molecule has 0 aliphatic rings. The number of aromatic nitrogens is 1. The number of esters is 1. The summed E-state index contributed by atoms with van der Waals surface area (Å²) in [7, 11) is 0. The normalized spacial score (nSPS) is 10.3. The zero-order valence-corrected chi connectivity index (χ0v) is 9.58. The number of hydrogen-bond acceptors (Lipinski definition) is 5. The third kappa shape index (κ3) is 4.69. The van der Waals surface area contributed by atoms with Gasteiger partial charge in [0.05, 0.1) is 11.9 Å². The van der Waals surface area contributed by atoms with E-state index in [4.69, 9.17) is 10.5 Å². The highest BCUT2D eigenvalue weighted by atomic mass is 32.2. The lowest BCUT2D eigenvalue weighted by Gasteiger charge is -2.07. The maximum atomic E-state index is 11.2. The van der Waals surface area contributed by atoms with E-state index in [1.54, 1.807) is 12.3 Å². The van der Waals surface area contributed by atoms with E-state index in [2.05, 4.69) is 4.98 Å². The molecule has 1 aromatic rings. The van der Waals surface area contributed by atoms with Crippen molar-refractivity contribution in [2.75, 3.05) is 11.5 Å². The second-order valence-corrected chi connectivity index (χ2v) is 4.29. The molecular formula is C10H14N2O2S. The number of ether oxygens (including phenoxy) is 1. The van der Waals surface area contributed by atoms with E-state index in [0.717, 1.165) is 4.90 Å². The summed E-state index contributed by atoms with van der Waals surface area (Å²) in [6.07, 6.45) is 1.57. The van der Waals surface area contributed by atoms with Gasteiger partial charge >= 0.3 is 5.97 Å². The topological polar surface area (TPSA) is 65.2 Å². The van der Waals surface area contributed by atoms with Crippen LogP contribution in [0.1, 0.15) is 13.8 Å². The van der Waals surface area contributed by atoms with Crippen molar-refractivity contribution in [3.05, 3.63) is 18.3 Å². The lowest BCUT2D eigenvalue weighted by atomic mass is 10.5. The number of nitrogen functional groups attached to an aromatic ring is 1. The summed E-state index contributed by atoms with van der Waals surface area (Å²) in [5, 5.41) is 0. The highest BCUT2D eigenvalue weighted by Gasteiger charge is 2.06. The van der Waals surface area contributed by atoms with Gasteiger partial charge in [-0.15, -0.1) is 11.8 Å². The van der Waals surface area contributed by atoms with Crippen LogP contribution in [-0.2, 0) is 9.53 Å². The fourth-order valence-electron chi connectivity index (χ4n) is 0.916. The molecule has 0 bridgehead atoms. The summed E-state index contributed by atoms with van der Waals surface area (Å²) in [5.74, 6) is 0.556. The van der Waals surface area contributed by atoms with Crippen LogP contribution in [0.15, 0.2) is 23.2 Å². The molecule has 0 saturated heterocycles. The van der Waals surface area contributed by atoms with Crippen molar-refractivity contribution >= 4 is 23.5 Å². The van der Waals surface area contributed by atoms with Crippen LogP contribution in [0.25, 0.3) is 0 Å². The van der Waals surface area contributed by atoms with Crippen molar-refractivity contribution in [2.45, 2.75) is 24.8 Å². The Morgan fingerprint density at radius 2 is 2.33 bits per heavy atom. The zero-order valence-electron chi connectivity index (χ0n) is 8.77. The molecule has 1 aromatic heterocycles. The minimum atomic E-state index is -0.216. The number of thioether (sulfide) groups is 1. The molecule has 0 aromatic carbocycles. The molecule has 15 heavy (non-hydrogen) atoms. The van der Waals surface area contributed by atoms with Crippen molar-refractivity contribution in [3.8, 4) is 0 Å². The van der Waals surface area contributed by atoms with Crippen LogP contribution in [0.3, 0.4) is 0 Å².